The Labute approximate surface area is 226 Å². The first kappa shape index (κ1) is 28.6. The van der Waals surface area contributed by atoms with Crippen molar-refractivity contribution in [2.75, 3.05) is 4.72 Å². The van der Waals surface area contributed by atoms with E-state index in [1.807, 2.05) is 6.92 Å². The van der Waals surface area contributed by atoms with E-state index >= 15 is 0 Å². The number of thioether (sulfide) groups is 1. The Hall–Kier alpha value is -3.39. The molecule has 1 aliphatic carbocycles. The van der Waals surface area contributed by atoms with Crippen LogP contribution in [0.1, 0.15) is 50.2 Å². The number of hydrogen-bond acceptors (Lipinski definition) is 7. The Morgan fingerprint density at radius 3 is 2.33 bits per heavy atom. The molecule has 2 fully saturated rings. The molecule has 2 aliphatic rings. The number of sulfonamides is 1. The van der Waals surface area contributed by atoms with Gasteiger partial charge in [-0.3, -0.25) is 29.3 Å². The minimum atomic E-state index is -5.13. The first-order valence-electron chi connectivity index (χ1n) is 12.0. The molecule has 208 valence electrons. The molecule has 4 rings (SSSR count). The van der Waals surface area contributed by atoms with E-state index in [0.717, 1.165) is 43.9 Å². The van der Waals surface area contributed by atoms with Gasteiger partial charge in [-0.25, -0.2) is 8.42 Å². The van der Waals surface area contributed by atoms with Gasteiger partial charge in [0, 0.05) is 17.8 Å². The highest BCUT2D eigenvalue weighted by atomic mass is 32.2. The van der Waals surface area contributed by atoms with E-state index in [2.05, 4.69) is 4.72 Å². The van der Waals surface area contributed by atoms with Crippen LogP contribution in [0.3, 0.4) is 0 Å². The predicted octanol–water partition coefficient (Wildman–Crippen LogP) is 6.42. The number of nitrogens with zero attached hydrogens (tertiary/aromatic N) is 2. The normalized spacial score (nSPS) is 19.0. The van der Waals surface area contributed by atoms with E-state index in [-0.39, 0.29) is 39.8 Å². The highest BCUT2D eigenvalue weighted by molar-refractivity contribution is 8.18. The molecular weight excluding hydrogens is 559 g/mol. The van der Waals surface area contributed by atoms with Crippen LogP contribution in [0.25, 0.3) is 6.08 Å². The van der Waals surface area contributed by atoms with Crippen molar-refractivity contribution in [3.05, 3.63) is 68.6 Å². The van der Waals surface area contributed by atoms with Gasteiger partial charge < -0.3 is 0 Å². The smallest absolute Gasteiger partial charge is 0.280 e. The summed E-state index contributed by atoms with van der Waals surface area (Å²) >= 11 is 0.834. The summed E-state index contributed by atoms with van der Waals surface area (Å²) < 4.78 is 67.3. The Bertz CT molecular complexity index is 1440. The first-order valence-corrected chi connectivity index (χ1v) is 14.3. The van der Waals surface area contributed by atoms with Gasteiger partial charge in [0.1, 0.15) is 5.56 Å². The lowest BCUT2D eigenvalue weighted by Gasteiger charge is -2.32. The van der Waals surface area contributed by atoms with Gasteiger partial charge in [-0.05, 0) is 73.4 Å². The van der Waals surface area contributed by atoms with Crippen LogP contribution in [0.4, 0.5) is 29.3 Å². The molecule has 1 atom stereocenters. The van der Waals surface area contributed by atoms with Crippen molar-refractivity contribution in [3.63, 3.8) is 0 Å². The number of hydrogen-bond donors (Lipinski definition) is 1. The number of alkyl halides is 3. The van der Waals surface area contributed by atoms with Gasteiger partial charge in [-0.15, -0.1) is 0 Å². The van der Waals surface area contributed by atoms with Crippen LogP contribution in [0.15, 0.2) is 52.3 Å². The molecule has 1 saturated carbocycles. The second-order valence-electron chi connectivity index (χ2n) is 9.35. The Kier molecular flexibility index (Phi) is 8.07. The van der Waals surface area contributed by atoms with E-state index in [4.69, 9.17) is 0 Å². The Morgan fingerprint density at radius 2 is 1.74 bits per heavy atom. The van der Waals surface area contributed by atoms with Crippen molar-refractivity contribution in [3.8, 4) is 0 Å². The lowest BCUT2D eigenvalue weighted by molar-refractivity contribution is -0.388. The van der Waals surface area contributed by atoms with Crippen molar-refractivity contribution in [1.82, 2.24) is 4.90 Å². The number of imide groups is 1. The van der Waals surface area contributed by atoms with Crippen molar-refractivity contribution in [2.24, 2.45) is 5.92 Å². The average molecular weight is 584 g/mol. The van der Waals surface area contributed by atoms with E-state index in [1.165, 1.54) is 35.2 Å². The second-order valence-corrected chi connectivity index (χ2v) is 12.0. The molecule has 39 heavy (non-hydrogen) atoms. The van der Waals surface area contributed by atoms with E-state index in [1.54, 1.807) is 0 Å². The molecule has 14 heteroatoms. The van der Waals surface area contributed by atoms with Crippen LogP contribution in [-0.4, -0.2) is 35.4 Å². The minimum absolute atomic E-state index is 0.0121. The first-order chi connectivity index (χ1) is 18.3. The number of nitro benzene ring substituents is 1. The van der Waals surface area contributed by atoms with Crippen LogP contribution in [0, 0.1) is 16.0 Å². The minimum Gasteiger partial charge on any atom is -0.280 e. The summed E-state index contributed by atoms with van der Waals surface area (Å²) in [5.74, 6) is -0.117. The molecule has 9 nitrogen and oxygen atoms in total. The van der Waals surface area contributed by atoms with Crippen LogP contribution >= 0.6 is 11.8 Å². The molecule has 0 spiro atoms. The van der Waals surface area contributed by atoms with E-state index < -0.39 is 37.3 Å². The summed E-state index contributed by atoms with van der Waals surface area (Å²) in [7, 11) is -4.52. The molecule has 1 saturated heterocycles. The molecule has 2 aromatic carbocycles. The number of benzene rings is 2. The van der Waals surface area contributed by atoms with Gasteiger partial charge in [0.25, 0.3) is 26.9 Å². The van der Waals surface area contributed by atoms with Crippen molar-refractivity contribution in [2.45, 2.75) is 56.1 Å². The molecule has 0 bridgehead atoms. The second kappa shape index (κ2) is 11.0. The van der Waals surface area contributed by atoms with E-state index in [0.29, 0.717) is 17.7 Å². The van der Waals surface area contributed by atoms with Crippen LogP contribution in [0.2, 0.25) is 0 Å². The lowest BCUT2D eigenvalue weighted by Crippen LogP contribution is -2.42. The molecule has 2 amide bonds. The summed E-state index contributed by atoms with van der Waals surface area (Å²) in [6.07, 6.45) is 1.62. The topological polar surface area (TPSA) is 127 Å². The SMILES string of the molecule is CC(C1CCCCC1)N1C(=O)S/C(=C\c2ccc(NS(=O)(=O)c3ccc([N+](=O)[O-])c(C(F)(F)F)c3)cc2)C1=O. The van der Waals surface area contributed by atoms with Crippen molar-refractivity contribution >= 4 is 50.4 Å². The van der Waals surface area contributed by atoms with Crippen LogP contribution < -0.4 is 4.72 Å². The van der Waals surface area contributed by atoms with E-state index in [9.17, 15) is 41.3 Å². The number of carbonyl (C=O) groups excluding carboxylic acids is 2. The lowest BCUT2D eigenvalue weighted by atomic mass is 9.84. The number of rotatable bonds is 7. The molecule has 0 aromatic heterocycles. The number of nitro groups is 1. The maximum Gasteiger partial charge on any atom is 0.423 e. The van der Waals surface area contributed by atoms with Gasteiger partial charge in [0.05, 0.1) is 14.7 Å². The molecular formula is C25H24F3N3O6S2. The maximum atomic E-state index is 13.3. The fraction of sp³-hybridized carbons (Fsp3) is 0.360. The summed E-state index contributed by atoms with van der Waals surface area (Å²) in [4.78, 5) is 36.0. The number of carbonyl (C=O) groups is 2. The Balaban J connectivity index is 1.50. The third-order valence-electron chi connectivity index (χ3n) is 6.80. The summed E-state index contributed by atoms with van der Waals surface area (Å²) in [5.41, 5.74) is -2.43. The molecule has 1 heterocycles. The zero-order chi connectivity index (χ0) is 28.5. The fourth-order valence-corrected chi connectivity index (χ4v) is 6.74. The highest BCUT2D eigenvalue weighted by Gasteiger charge is 2.41. The number of anilines is 1. The zero-order valence-electron chi connectivity index (χ0n) is 20.6. The predicted molar refractivity (Wildman–Crippen MR) is 139 cm³/mol. The van der Waals surface area contributed by atoms with Crippen molar-refractivity contribution in [1.29, 1.82) is 0 Å². The quantitative estimate of drug-likeness (QED) is 0.226. The maximum absolute atomic E-state index is 13.3. The van der Waals surface area contributed by atoms with Gasteiger partial charge in [0.15, 0.2) is 0 Å². The molecule has 2 aromatic rings. The van der Waals surface area contributed by atoms with Crippen LogP contribution in [-0.2, 0) is 21.0 Å². The largest absolute Gasteiger partial charge is 0.423 e. The molecule has 1 N–H and O–H groups in total. The van der Waals surface area contributed by atoms with Gasteiger partial charge in [0.2, 0.25) is 0 Å². The monoisotopic (exact) mass is 583 g/mol. The number of amides is 2. The van der Waals surface area contributed by atoms with Gasteiger partial charge >= 0.3 is 6.18 Å². The average Bonchev–Trinajstić information content (AvgIpc) is 3.16. The Morgan fingerprint density at radius 1 is 1.10 bits per heavy atom. The third-order valence-corrected chi connectivity index (χ3v) is 9.07. The zero-order valence-corrected chi connectivity index (χ0v) is 22.2. The number of nitrogens with one attached hydrogen (secondary N) is 1. The standard InChI is InChI=1S/C25H24F3N3O6S2/c1-15(17-5-3-2-4-6-17)30-23(32)22(38-24(30)33)13-16-7-9-18(10-8-16)29-39(36,37)19-11-12-21(31(34)35)20(14-19)25(26,27)28/h7-15,17,29H,2-6H2,1H3/b22-13-. The van der Waals surface area contributed by atoms with Gasteiger partial charge in [-0.2, -0.15) is 13.2 Å². The van der Waals surface area contributed by atoms with Crippen LogP contribution in [0.5, 0.6) is 0 Å². The summed E-state index contributed by atoms with van der Waals surface area (Å²) in [6, 6.07) is 6.84. The third kappa shape index (κ3) is 6.27. The highest BCUT2D eigenvalue weighted by Crippen LogP contribution is 2.39. The summed E-state index contributed by atoms with van der Waals surface area (Å²) in [5, 5.41) is 10.6. The molecule has 1 unspecified atom stereocenters. The van der Waals surface area contributed by atoms with Gasteiger partial charge in [-0.1, -0.05) is 31.4 Å². The van der Waals surface area contributed by atoms with Crippen molar-refractivity contribution < 1.29 is 36.1 Å². The summed E-state index contributed by atoms with van der Waals surface area (Å²) in [6.45, 7) is 1.89. The number of halogens is 3. The molecule has 0 radical (unpaired) electrons. The molecule has 1 aliphatic heterocycles. The fourth-order valence-electron chi connectivity index (χ4n) is 4.74.